The number of imidazole rings is 1. The van der Waals surface area contributed by atoms with E-state index in [1.165, 1.54) is 30.5 Å². The number of fused-ring (bicyclic) bond motifs is 1. The number of aromatic nitrogens is 2. The summed E-state index contributed by atoms with van der Waals surface area (Å²) in [5.74, 6) is 2.96. The quantitative estimate of drug-likeness (QED) is 0.301. The Labute approximate surface area is 203 Å². The molecular formula is C30H36N4. The second-order valence-corrected chi connectivity index (χ2v) is 10.2. The highest BCUT2D eigenvalue weighted by atomic mass is 15.3. The minimum absolute atomic E-state index is 0.433. The van der Waals surface area contributed by atoms with Gasteiger partial charge in [0.2, 0.25) is 5.95 Å². The topological polar surface area (TPSA) is 44.0 Å². The summed E-state index contributed by atoms with van der Waals surface area (Å²) in [6.45, 7) is 7.95. The summed E-state index contributed by atoms with van der Waals surface area (Å²) in [5.41, 5.74) is 5.65. The van der Waals surface area contributed by atoms with E-state index in [9.17, 15) is 0 Å². The first-order valence-corrected chi connectivity index (χ1v) is 12.7. The van der Waals surface area contributed by atoms with Gasteiger partial charge in [0.25, 0.3) is 0 Å². The van der Waals surface area contributed by atoms with E-state index in [1.54, 1.807) is 0 Å². The second kappa shape index (κ2) is 9.92. The SMILES string of the molecule is CC1CCC(C(C)C)C(N(c2ccccc2)c2nc3cc(NCc4ccccc4)ccc3[nH]2)C1. The molecule has 1 aromatic heterocycles. The third-order valence-corrected chi connectivity index (χ3v) is 7.39. The van der Waals surface area contributed by atoms with Gasteiger partial charge in [0.1, 0.15) is 0 Å². The van der Waals surface area contributed by atoms with Gasteiger partial charge >= 0.3 is 0 Å². The lowest BCUT2D eigenvalue weighted by Gasteiger charge is -2.43. The molecular weight excluding hydrogens is 416 g/mol. The number of H-pyrrole nitrogens is 1. The van der Waals surface area contributed by atoms with Crippen LogP contribution in [0, 0.1) is 17.8 Å². The average Bonchev–Trinajstić information content (AvgIpc) is 3.27. The fourth-order valence-corrected chi connectivity index (χ4v) is 5.52. The molecule has 0 saturated heterocycles. The highest BCUT2D eigenvalue weighted by Gasteiger charge is 2.36. The van der Waals surface area contributed by atoms with Crippen LogP contribution < -0.4 is 10.2 Å². The first-order valence-electron chi connectivity index (χ1n) is 12.7. The molecule has 4 heteroatoms. The van der Waals surface area contributed by atoms with Gasteiger partial charge in [-0.3, -0.25) is 0 Å². The average molecular weight is 453 g/mol. The summed E-state index contributed by atoms with van der Waals surface area (Å²) in [6, 6.07) is 28.2. The van der Waals surface area contributed by atoms with Crippen molar-refractivity contribution in [2.24, 2.45) is 17.8 Å². The van der Waals surface area contributed by atoms with E-state index < -0.39 is 0 Å². The van der Waals surface area contributed by atoms with Crippen LogP contribution in [0.5, 0.6) is 0 Å². The highest BCUT2D eigenvalue weighted by Crippen LogP contribution is 2.41. The number of aromatic amines is 1. The van der Waals surface area contributed by atoms with E-state index in [4.69, 9.17) is 4.98 Å². The Hall–Kier alpha value is -3.27. The first kappa shape index (κ1) is 22.5. The van der Waals surface area contributed by atoms with Gasteiger partial charge in [-0.25, -0.2) is 4.98 Å². The van der Waals surface area contributed by atoms with Crippen molar-refractivity contribution in [3.63, 3.8) is 0 Å². The predicted molar refractivity (Wildman–Crippen MR) is 144 cm³/mol. The molecule has 1 aliphatic rings. The maximum Gasteiger partial charge on any atom is 0.208 e. The van der Waals surface area contributed by atoms with Gasteiger partial charge in [0.05, 0.1) is 11.0 Å². The molecule has 4 nitrogen and oxygen atoms in total. The summed E-state index contributed by atoms with van der Waals surface area (Å²) in [4.78, 5) is 11.3. The molecule has 3 atom stereocenters. The van der Waals surface area contributed by atoms with Gasteiger partial charge in [-0.15, -0.1) is 0 Å². The van der Waals surface area contributed by atoms with Crippen molar-refractivity contribution in [1.82, 2.24) is 9.97 Å². The number of hydrogen-bond donors (Lipinski definition) is 2. The zero-order valence-corrected chi connectivity index (χ0v) is 20.5. The molecule has 1 heterocycles. The summed E-state index contributed by atoms with van der Waals surface area (Å²) < 4.78 is 0. The Bertz CT molecular complexity index is 1200. The molecule has 1 fully saturated rings. The summed E-state index contributed by atoms with van der Waals surface area (Å²) in [6.07, 6.45) is 3.79. The molecule has 5 rings (SSSR count). The highest BCUT2D eigenvalue weighted by molar-refractivity contribution is 5.82. The number of anilines is 3. The van der Waals surface area contributed by atoms with E-state index in [0.29, 0.717) is 17.9 Å². The number of benzene rings is 3. The van der Waals surface area contributed by atoms with Crippen LogP contribution in [0.1, 0.15) is 45.6 Å². The number of rotatable bonds is 7. The second-order valence-electron chi connectivity index (χ2n) is 10.2. The Morgan fingerprint density at radius 1 is 0.971 bits per heavy atom. The van der Waals surface area contributed by atoms with Gasteiger partial charge in [-0.2, -0.15) is 0 Å². The molecule has 0 spiro atoms. The van der Waals surface area contributed by atoms with Crippen LogP contribution in [0.3, 0.4) is 0 Å². The number of para-hydroxylation sites is 1. The van der Waals surface area contributed by atoms with Crippen molar-refractivity contribution in [3.05, 3.63) is 84.4 Å². The summed E-state index contributed by atoms with van der Waals surface area (Å²) >= 11 is 0. The monoisotopic (exact) mass is 452 g/mol. The molecule has 176 valence electrons. The Morgan fingerprint density at radius 3 is 2.44 bits per heavy atom. The predicted octanol–water partition coefficient (Wildman–Crippen LogP) is 7.77. The Morgan fingerprint density at radius 2 is 1.71 bits per heavy atom. The van der Waals surface area contributed by atoms with Gasteiger partial charge in [0, 0.05) is 24.0 Å². The van der Waals surface area contributed by atoms with Gasteiger partial charge < -0.3 is 15.2 Å². The third kappa shape index (κ3) is 4.82. The van der Waals surface area contributed by atoms with E-state index >= 15 is 0 Å². The molecule has 3 unspecified atom stereocenters. The lowest BCUT2D eigenvalue weighted by molar-refractivity contribution is 0.198. The Balaban J connectivity index is 1.48. The van der Waals surface area contributed by atoms with Crippen molar-refractivity contribution in [1.29, 1.82) is 0 Å². The molecule has 2 N–H and O–H groups in total. The molecule has 1 saturated carbocycles. The minimum Gasteiger partial charge on any atom is -0.381 e. The number of nitrogens with one attached hydrogen (secondary N) is 2. The van der Waals surface area contributed by atoms with Crippen molar-refractivity contribution in [3.8, 4) is 0 Å². The third-order valence-electron chi connectivity index (χ3n) is 7.39. The van der Waals surface area contributed by atoms with Crippen LogP contribution >= 0.6 is 0 Å². The van der Waals surface area contributed by atoms with Gasteiger partial charge in [-0.1, -0.05) is 75.7 Å². The van der Waals surface area contributed by atoms with E-state index in [0.717, 1.165) is 35.1 Å². The van der Waals surface area contributed by atoms with Crippen molar-refractivity contribution in [2.45, 2.75) is 52.6 Å². The molecule has 1 aliphatic carbocycles. The van der Waals surface area contributed by atoms with E-state index in [1.807, 2.05) is 0 Å². The molecule has 34 heavy (non-hydrogen) atoms. The first-order chi connectivity index (χ1) is 16.6. The summed E-state index contributed by atoms with van der Waals surface area (Å²) in [7, 11) is 0. The maximum atomic E-state index is 5.13. The van der Waals surface area contributed by atoms with Crippen molar-refractivity contribution in [2.75, 3.05) is 10.2 Å². The zero-order valence-electron chi connectivity index (χ0n) is 20.5. The van der Waals surface area contributed by atoms with Crippen LogP contribution in [0.25, 0.3) is 11.0 Å². The molecule has 4 aromatic rings. The van der Waals surface area contributed by atoms with Crippen LogP contribution in [0.4, 0.5) is 17.3 Å². The van der Waals surface area contributed by atoms with E-state index in [-0.39, 0.29) is 0 Å². The van der Waals surface area contributed by atoms with Crippen molar-refractivity contribution >= 4 is 28.4 Å². The Kier molecular flexibility index (Phi) is 6.57. The van der Waals surface area contributed by atoms with Gasteiger partial charge in [0.15, 0.2) is 0 Å². The molecule has 0 aliphatic heterocycles. The van der Waals surface area contributed by atoms with Crippen LogP contribution in [-0.2, 0) is 6.54 Å². The number of nitrogens with zero attached hydrogens (tertiary/aromatic N) is 2. The smallest absolute Gasteiger partial charge is 0.208 e. The maximum absolute atomic E-state index is 5.13. The van der Waals surface area contributed by atoms with Crippen LogP contribution in [-0.4, -0.2) is 16.0 Å². The number of hydrogen-bond acceptors (Lipinski definition) is 3. The molecule has 0 radical (unpaired) electrons. The van der Waals surface area contributed by atoms with Crippen LogP contribution in [0.15, 0.2) is 78.9 Å². The lowest BCUT2D eigenvalue weighted by atomic mass is 9.73. The van der Waals surface area contributed by atoms with Crippen molar-refractivity contribution < 1.29 is 0 Å². The molecule has 0 amide bonds. The largest absolute Gasteiger partial charge is 0.381 e. The molecule has 3 aromatic carbocycles. The van der Waals surface area contributed by atoms with Crippen LogP contribution in [0.2, 0.25) is 0 Å². The lowest BCUT2D eigenvalue weighted by Crippen LogP contribution is -2.44. The standard InChI is InChI=1S/C30H36N4/c1-21(2)26-16-14-22(3)18-29(26)34(25-12-8-5-9-13-25)30-32-27-17-15-24(19-28(27)33-30)31-20-23-10-6-4-7-11-23/h4-13,15,17,19,21-22,26,29,31H,14,16,18,20H2,1-3H3,(H,32,33). The molecule has 0 bridgehead atoms. The normalized spacial score (nSPS) is 20.5. The summed E-state index contributed by atoms with van der Waals surface area (Å²) in [5, 5.41) is 3.55. The fraction of sp³-hybridized carbons (Fsp3) is 0.367. The minimum atomic E-state index is 0.433. The fourth-order valence-electron chi connectivity index (χ4n) is 5.52. The zero-order chi connectivity index (χ0) is 23.5. The van der Waals surface area contributed by atoms with E-state index in [2.05, 4.69) is 115 Å². The van der Waals surface area contributed by atoms with Gasteiger partial charge in [-0.05, 0) is 66.5 Å².